The van der Waals surface area contributed by atoms with Crippen LogP contribution in [0.4, 0.5) is 11.4 Å². The van der Waals surface area contributed by atoms with Crippen molar-refractivity contribution in [3.05, 3.63) is 23.8 Å². The Bertz CT molecular complexity index is 452. The summed E-state index contributed by atoms with van der Waals surface area (Å²) < 4.78 is 5.09. The number of carbonyl (C=O) groups is 1. The van der Waals surface area contributed by atoms with E-state index in [9.17, 15) is 4.79 Å². The minimum absolute atomic E-state index is 0.0194. The number of nitrogen functional groups attached to an aromatic ring is 1. The SMILES string of the molecule is COCCN(CC(=O)Nc1c(C)cccc1N)C1CC1. The van der Waals surface area contributed by atoms with Gasteiger partial charge in [-0.15, -0.1) is 0 Å². The van der Waals surface area contributed by atoms with E-state index in [2.05, 4.69) is 10.2 Å². The lowest BCUT2D eigenvalue weighted by atomic mass is 10.1. The standard InChI is InChI=1S/C15H23N3O2/c1-11-4-3-5-13(16)15(11)17-14(19)10-18(8-9-20-2)12-6-7-12/h3-5,12H,6-10,16H2,1-2H3,(H,17,19). The molecule has 0 unspecified atom stereocenters. The van der Waals surface area contributed by atoms with Crippen LogP contribution in [0.25, 0.3) is 0 Å². The number of methoxy groups -OCH3 is 1. The molecule has 0 bridgehead atoms. The average molecular weight is 277 g/mol. The zero-order chi connectivity index (χ0) is 14.5. The lowest BCUT2D eigenvalue weighted by Gasteiger charge is -2.21. The molecule has 1 fully saturated rings. The summed E-state index contributed by atoms with van der Waals surface area (Å²) in [6.45, 7) is 3.77. The van der Waals surface area contributed by atoms with Gasteiger partial charge in [0.05, 0.1) is 24.5 Å². The quantitative estimate of drug-likeness (QED) is 0.743. The van der Waals surface area contributed by atoms with E-state index in [1.54, 1.807) is 13.2 Å². The molecule has 2 rings (SSSR count). The van der Waals surface area contributed by atoms with Gasteiger partial charge in [-0.25, -0.2) is 0 Å². The molecule has 0 aliphatic heterocycles. The molecular formula is C15H23N3O2. The summed E-state index contributed by atoms with van der Waals surface area (Å²) in [6.07, 6.45) is 2.34. The maximum absolute atomic E-state index is 12.2. The molecule has 0 radical (unpaired) electrons. The van der Waals surface area contributed by atoms with Crippen LogP contribution in [0.1, 0.15) is 18.4 Å². The number of hydrogen-bond donors (Lipinski definition) is 2. The number of nitrogens with two attached hydrogens (primary N) is 1. The maximum atomic E-state index is 12.2. The van der Waals surface area contributed by atoms with Gasteiger partial charge in [-0.3, -0.25) is 9.69 Å². The number of ether oxygens (including phenoxy) is 1. The van der Waals surface area contributed by atoms with Gasteiger partial charge < -0.3 is 15.8 Å². The van der Waals surface area contributed by atoms with Gasteiger partial charge in [0.25, 0.3) is 0 Å². The van der Waals surface area contributed by atoms with E-state index in [0.29, 0.717) is 24.9 Å². The summed E-state index contributed by atoms with van der Waals surface area (Å²) >= 11 is 0. The molecule has 5 heteroatoms. The predicted octanol–water partition coefficient (Wildman–Crippen LogP) is 1.63. The second kappa shape index (κ2) is 6.72. The highest BCUT2D eigenvalue weighted by Crippen LogP contribution is 2.27. The molecule has 1 saturated carbocycles. The van der Waals surface area contributed by atoms with Crippen LogP contribution in [-0.4, -0.2) is 43.7 Å². The molecule has 1 aromatic rings. The van der Waals surface area contributed by atoms with Crippen LogP contribution in [0, 0.1) is 6.92 Å². The Balaban J connectivity index is 1.93. The van der Waals surface area contributed by atoms with Crippen LogP contribution in [-0.2, 0) is 9.53 Å². The largest absolute Gasteiger partial charge is 0.397 e. The first kappa shape index (κ1) is 14.8. The van der Waals surface area contributed by atoms with Crippen molar-refractivity contribution in [2.45, 2.75) is 25.8 Å². The van der Waals surface area contributed by atoms with Gasteiger partial charge in [0, 0.05) is 19.7 Å². The van der Waals surface area contributed by atoms with E-state index in [1.807, 2.05) is 19.1 Å². The monoisotopic (exact) mass is 277 g/mol. The summed E-state index contributed by atoms with van der Waals surface area (Å²) in [5, 5.41) is 2.92. The van der Waals surface area contributed by atoms with Gasteiger partial charge in [-0.2, -0.15) is 0 Å². The fraction of sp³-hybridized carbons (Fsp3) is 0.533. The number of carbonyl (C=O) groups excluding carboxylic acids is 1. The highest BCUT2D eigenvalue weighted by molar-refractivity contribution is 5.96. The van der Waals surface area contributed by atoms with Gasteiger partial charge in [0.15, 0.2) is 0 Å². The summed E-state index contributed by atoms with van der Waals surface area (Å²) in [4.78, 5) is 14.3. The van der Waals surface area contributed by atoms with Crippen molar-refractivity contribution in [1.29, 1.82) is 0 Å². The van der Waals surface area contributed by atoms with E-state index in [0.717, 1.165) is 17.8 Å². The van der Waals surface area contributed by atoms with Crippen LogP contribution in [0.3, 0.4) is 0 Å². The lowest BCUT2D eigenvalue weighted by molar-refractivity contribution is -0.117. The second-order valence-corrected chi connectivity index (χ2v) is 5.28. The van der Waals surface area contributed by atoms with Crippen molar-refractivity contribution in [2.24, 2.45) is 0 Å². The van der Waals surface area contributed by atoms with Gasteiger partial charge >= 0.3 is 0 Å². The average Bonchev–Trinajstić information content (AvgIpc) is 3.23. The molecule has 0 aromatic heterocycles. The lowest BCUT2D eigenvalue weighted by Crippen LogP contribution is -2.37. The second-order valence-electron chi connectivity index (χ2n) is 5.28. The van der Waals surface area contributed by atoms with E-state index in [4.69, 9.17) is 10.5 Å². The van der Waals surface area contributed by atoms with Crippen molar-refractivity contribution in [2.75, 3.05) is 37.9 Å². The zero-order valence-electron chi connectivity index (χ0n) is 12.2. The molecule has 0 heterocycles. The van der Waals surface area contributed by atoms with Crippen molar-refractivity contribution in [3.63, 3.8) is 0 Å². The third-order valence-electron chi connectivity index (χ3n) is 3.56. The molecule has 1 amide bonds. The summed E-state index contributed by atoms with van der Waals surface area (Å²) in [7, 11) is 1.68. The molecule has 0 atom stereocenters. The van der Waals surface area contributed by atoms with E-state index in [1.165, 1.54) is 12.8 Å². The molecule has 0 saturated heterocycles. The molecule has 1 aromatic carbocycles. The zero-order valence-corrected chi connectivity index (χ0v) is 12.2. The fourth-order valence-corrected chi connectivity index (χ4v) is 2.26. The molecule has 5 nitrogen and oxygen atoms in total. The van der Waals surface area contributed by atoms with Crippen LogP contribution < -0.4 is 11.1 Å². The van der Waals surface area contributed by atoms with Crippen molar-refractivity contribution < 1.29 is 9.53 Å². The summed E-state index contributed by atoms with van der Waals surface area (Å²) in [6, 6.07) is 6.15. The van der Waals surface area contributed by atoms with Crippen molar-refractivity contribution in [1.82, 2.24) is 4.90 Å². The van der Waals surface area contributed by atoms with Gasteiger partial charge in [-0.1, -0.05) is 12.1 Å². The third kappa shape index (κ3) is 3.95. The molecule has 0 spiro atoms. The third-order valence-corrected chi connectivity index (χ3v) is 3.56. The molecular weight excluding hydrogens is 254 g/mol. The first-order valence-corrected chi connectivity index (χ1v) is 6.99. The Morgan fingerprint density at radius 1 is 1.50 bits per heavy atom. The molecule has 20 heavy (non-hydrogen) atoms. The van der Waals surface area contributed by atoms with Crippen LogP contribution >= 0.6 is 0 Å². The number of anilines is 2. The van der Waals surface area contributed by atoms with Crippen LogP contribution in [0.5, 0.6) is 0 Å². The Labute approximate surface area is 120 Å². The topological polar surface area (TPSA) is 67.6 Å². The van der Waals surface area contributed by atoms with E-state index >= 15 is 0 Å². The minimum atomic E-state index is -0.0194. The van der Waals surface area contributed by atoms with E-state index < -0.39 is 0 Å². The number of nitrogens with one attached hydrogen (secondary N) is 1. The number of aryl methyl sites for hydroxylation is 1. The number of para-hydroxylation sites is 1. The molecule has 1 aliphatic rings. The first-order valence-electron chi connectivity index (χ1n) is 6.99. The Morgan fingerprint density at radius 2 is 2.25 bits per heavy atom. The minimum Gasteiger partial charge on any atom is -0.397 e. The van der Waals surface area contributed by atoms with E-state index in [-0.39, 0.29) is 5.91 Å². The Hall–Kier alpha value is -1.59. The number of amides is 1. The summed E-state index contributed by atoms with van der Waals surface area (Å²) in [5.41, 5.74) is 8.21. The Kier molecular flexibility index (Phi) is 4.98. The predicted molar refractivity (Wildman–Crippen MR) is 80.7 cm³/mol. The highest BCUT2D eigenvalue weighted by Gasteiger charge is 2.30. The van der Waals surface area contributed by atoms with Gasteiger partial charge in [0.2, 0.25) is 5.91 Å². The molecule has 110 valence electrons. The first-order chi connectivity index (χ1) is 9.61. The number of nitrogens with zero attached hydrogens (tertiary/aromatic N) is 1. The van der Waals surface area contributed by atoms with Crippen LogP contribution in [0.2, 0.25) is 0 Å². The number of hydrogen-bond acceptors (Lipinski definition) is 4. The highest BCUT2D eigenvalue weighted by atomic mass is 16.5. The van der Waals surface area contributed by atoms with Crippen molar-refractivity contribution in [3.8, 4) is 0 Å². The number of benzene rings is 1. The van der Waals surface area contributed by atoms with Gasteiger partial charge in [-0.05, 0) is 31.4 Å². The normalized spacial score (nSPS) is 14.6. The van der Waals surface area contributed by atoms with Gasteiger partial charge in [0.1, 0.15) is 0 Å². The Morgan fingerprint density at radius 3 is 2.85 bits per heavy atom. The van der Waals surface area contributed by atoms with Crippen molar-refractivity contribution >= 4 is 17.3 Å². The maximum Gasteiger partial charge on any atom is 0.238 e. The molecule has 3 N–H and O–H groups in total. The summed E-state index contributed by atoms with van der Waals surface area (Å²) in [5.74, 6) is -0.0194. The number of rotatable bonds is 7. The smallest absolute Gasteiger partial charge is 0.238 e. The molecule has 1 aliphatic carbocycles. The fourth-order valence-electron chi connectivity index (χ4n) is 2.26. The van der Waals surface area contributed by atoms with Crippen LogP contribution in [0.15, 0.2) is 18.2 Å².